The fraction of sp³-hybridized carbons (Fsp3) is 0.0526. The molecule has 0 atom stereocenters. The van der Waals surface area contributed by atoms with E-state index in [4.69, 9.17) is 22.1 Å². The standard InChI is InChI=1S/C19H15ClN2O3/c20-15-4-7-17-14(10-15)9-12(11-25-17)1-8-18(23)22-16-5-2-13(3-6-16)19(21)24/h1-10H,11H2,(H2,21,24)(H,22,23)/b8-1+. The molecule has 5 nitrogen and oxygen atoms in total. The number of nitrogens with one attached hydrogen (secondary N) is 1. The van der Waals surface area contributed by atoms with E-state index < -0.39 is 5.91 Å². The minimum absolute atomic E-state index is 0.287. The predicted molar refractivity (Wildman–Crippen MR) is 97.7 cm³/mol. The molecule has 2 amide bonds. The maximum Gasteiger partial charge on any atom is 0.248 e. The number of fused-ring (bicyclic) bond motifs is 1. The van der Waals surface area contributed by atoms with Crippen LogP contribution in [0.5, 0.6) is 5.75 Å². The van der Waals surface area contributed by atoms with Crippen molar-refractivity contribution in [2.45, 2.75) is 0 Å². The molecule has 0 fully saturated rings. The number of hydrogen-bond donors (Lipinski definition) is 2. The maximum atomic E-state index is 12.0. The molecule has 0 aromatic heterocycles. The summed E-state index contributed by atoms with van der Waals surface area (Å²) in [4.78, 5) is 23.0. The monoisotopic (exact) mass is 354 g/mol. The number of benzene rings is 2. The molecule has 1 aliphatic rings. The molecule has 3 N–H and O–H groups in total. The van der Waals surface area contributed by atoms with Crippen LogP contribution in [-0.4, -0.2) is 18.4 Å². The van der Waals surface area contributed by atoms with Crippen LogP contribution in [0.1, 0.15) is 15.9 Å². The summed E-state index contributed by atoms with van der Waals surface area (Å²) in [5.74, 6) is -0.0347. The molecule has 0 aliphatic carbocycles. The Morgan fingerprint density at radius 3 is 2.64 bits per heavy atom. The van der Waals surface area contributed by atoms with Crippen molar-refractivity contribution < 1.29 is 14.3 Å². The van der Waals surface area contributed by atoms with Gasteiger partial charge in [-0.05, 0) is 54.1 Å². The third-order valence-corrected chi connectivity index (χ3v) is 3.83. The summed E-state index contributed by atoms with van der Waals surface area (Å²) in [6, 6.07) is 11.7. The van der Waals surface area contributed by atoms with Crippen LogP contribution in [0.25, 0.3) is 6.08 Å². The van der Waals surface area contributed by atoms with Gasteiger partial charge in [-0.3, -0.25) is 9.59 Å². The van der Waals surface area contributed by atoms with Crippen molar-refractivity contribution in [2.75, 3.05) is 11.9 Å². The Kier molecular flexibility index (Phi) is 4.86. The molecule has 2 aromatic carbocycles. The van der Waals surface area contributed by atoms with Gasteiger partial charge in [0.05, 0.1) is 0 Å². The summed E-state index contributed by atoms with van der Waals surface area (Å²) in [5, 5.41) is 3.33. The molecule has 0 spiro atoms. The smallest absolute Gasteiger partial charge is 0.248 e. The second kappa shape index (κ2) is 7.23. The summed E-state index contributed by atoms with van der Waals surface area (Å²) in [6.07, 6.45) is 5.04. The van der Waals surface area contributed by atoms with E-state index in [0.29, 0.717) is 22.9 Å². The van der Waals surface area contributed by atoms with E-state index in [1.165, 1.54) is 6.08 Å². The Balaban J connectivity index is 1.65. The lowest BCUT2D eigenvalue weighted by Gasteiger charge is -2.16. The van der Waals surface area contributed by atoms with Crippen molar-refractivity contribution in [3.63, 3.8) is 0 Å². The molecule has 0 bridgehead atoms. The van der Waals surface area contributed by atoms with Gasteiger partial charge in [0.15, 0.2) is 0 Å². The van der Waals surface area contributed by atoms with Gasteiger partial charge in [-0.25, -0.2) is 0 Å². The highest BCUT2D eigenvalue weighted by Gasteiger charge is 2.10. The zero-order valence-electron chi connectivity index (χ0n) is 13.2. The number of hydrogen-bond acceptors (Lipinski definition) is 3. The molecular formula is C19H15ClN2O3. The Morgan fingerprint density at radius 1 is 1.16 bits per heavy atom. The van der Waals surface area contributed by atoms with E-state index in [1.807, 2.05) is 18.2 Å². The van der Waals surface area contributed by atoms with Gasteiger partial charge < -0.3 is 15.8 Å². The summed E-state index contributed by atoms with van der Waals surface area (Å²) in [6.45, 7) is 0.381. The maximum absolute atomic E-state index is 12.0. The highest BCUT2D eigenvalue weighted by Crippen LogP contribution is 2.29. The van der Waals surface area contributed by atoms with Crippen LogP contribution in [0.4, 0.5) is 5.69 Å². The first-order valence-corrected chi connectivity index (χ1v) is 7.91. The van der Waals surface area contributed by atoms with Gasteiger partial charge in [-0.1, -0.05) is 17.7 Å². The molecule has 126 valence electrons. The molecular weight excluding hydrogens is 340 g/mol. The molecule has 0 radical (unpaired) electrons. The van der Waals surface area contributed by atoms with Crippen LogP contribution in [0.2, 0.25) is 5.02 Å². The van der Waals surface area contributed by atoms with E-state index in [9.17, 15) is 9.59 Å². The second-order valence-electron chi connectivity index (χ2n) is 5.45. The average Bonchev–Trinajstić information content (AvgIpc) is 2.60. The van der Waals surface area contributed by atoms with Gasteiger partial charge >= 0.3 is 0 Å². The SMILES string of the molecule is NC(=O)c1ccc(NC(=O)/C=C/C2=Cc3cc(Cl)ccc3OC2)cc1. The van der Waals surface area contributed by atoms with E-state index in [0.717, 1.165) is 16.9 Å². The molecule has 1 heterocycles. The van der Waals surface area contributed by atoms with Gasteiger partial charge in [0.2, 0.25) is 11.8 Å². The summed E-state index contributed by atoms with van der Waals surface area (Å²) >= 11 is 5.98. The lowest BCUT2D eigenvalue weighted by atomic mass is 10.1. The number of ether oxygens (including phenoxy) is 1. The molecule has 0 saturated heterocycles. The van der Waals surface area contributed by atoms with Crippen molar-refractivity contribution >= 4 is 35.2 Å². The number of nitrogens with two attached hydrogens (primary N) is 1. The van der Waals surface area contributed by atoms with Gasteiger partial charge in [-0.15, -0.1) is 0 Å². The van der Waals surface area contributed by atoms with Gasteiger partial charge in [0.1, 0.15) is 12.4 Å². The number of amides is 2. The van der Waals surface area contributed by atoms with Crippen molar-refractivity contribution in [2.24, 2.45) is 5.73 Å². The van der Waals surface area contributed by atoms with Crippen LogP contribution in [0.3, 0.4) is 0 Å². The summed E-state index contributed by atoms with van der Waals surface area (Å²) in [5.41, 5.74) is 7.87. The van der Waals surface area contributed by atoms with Crippen LogP contribution in [0, 0.1) is 0 Å². The van der Waals surface area contributed by atoms with Crippen molar-refractivity contribution in [1.82, 2.24) is 0 Å². The normalized spacial score (nSPS) is 12.9. The molecule has 0 saturated carbocycles. The van der Waals surface area contributed by atoms with E-state index in [2.05, 4.69) is 5.32 Å². The van der Waals surface area contributed by atoms with Crippen molar-refractivity contribution in [3.05, 3.63) is 76.3 Å². The highest BCUT2D eigenvalue weighted by molar-refractivity contribution is 6.30. The first kappa shape index (κ1) is 16.8. The lowest BCUT2D eigenvalue weighted by molar-refractivity contribution is -0.111. The van der Waals surface area contributed by atoms with Crippen molar-refractivity contribution in [3.8, 4) is 5.75 Å². The zero-order valence-corrected chi connectivity index (χ0v) is 13.9. The van der Waals surface area contributed by atoms with Crippen LogP contribution < -0.4 is 15.8 Å². The molecule has 2 aromatic rings. The largest absolute Gasteiger partial charge is 0.488 e. The second-order valence-corrected chi connectivity index (χ2v) is 5.89. The molecule has 6 heteroatoms. The first-order chi connectivity index (χ1) is 12.0. The van der Waals surface area contributed by atoms with Gasteiger partial charge in [-0.2, -0.15) is 0 Å². The fourth-order valence-corrected chi connectivity index (χ4v) is 2.53. The minimum atomic E-state index is -0.512. The minimum Gasteiger partial charge on any atom is -0.488 e. The average molecular weight is 355 g/mol. The molecule has 3 rings (SSSR count). The zero-order chi connectivity index (χ0) is 17.8. The first-order valence-electron chi connectivity index (χ1n) is 7.53. The number of carbonyl (C=O) groups excluding carboxylic acids is 2. The summed E-state index contributed by atoms with van der Waals surface area (Å²) in [7, 11) is 0. The van der Waals surface area contributed by atoms with Crippen LogP contribution >= 0.6 is 11.6 Å². The fourth-order valence-electron chi connectivity index (χ4n) is 2.35. The number of rotatable bonds is 4. The quantitative estimate of drug-likeness (QED) is 0.825. The molecule has 25 heavy (non-hydrogen) atoms. The Morgan fingerprint density at radius 2 is 1.92 bits per heavy atom. The van der Waals surface area contributed by atoms with E-state index >= 15 is 0 Å². The number of halogens is 1. The predicted octanol–water partition coefficient (Wildman–Crippen LogP) is 3.41. The highest BCUT2D eigenvalue weighted by atomic mass is 35.5. The number of carbonyl (C=O) groups is 2. The lowest BCUT2D eigenvalue weighted by Crippen LogP contribution is -2.12. The third kappa shape index (κ3) is 4.28. The van der Waals surface area contributed by atoms with E-state index in [1.54, 1.807) is 36.4 Å². The topological polar surface area (TPSA) is 81.4 Å². The van der Waals surface area contributed by atoms with E-state index in [-0.39, 0.29) is 5.91 Å². The third-order valence-electron chi connectivity index (χ3n) is 3.59. The van der Waals surface area contributed by atoms with Gasteiger partial charge in [0.25, 0.3) is 0 Å². The van der Waals surface area contributed by atoms with Gasteiger partial charge in [0, 0.05) is 27.9 Å². The number of anilines is 1. The summed E-state index contributed by atoms with van der Waals surface area (Å²) < 4.78 is 5.62. The Hall–Kier alpha value is -3.05. The van der Waals surface area contributed by atoms with Crippen molar-refractivity contribution in [1.29, 1.82) is 0 Å². The molecule has 0 unspecified atom stereocenters. The van der Waals surface area contributed by atoms with Crippen LogP contribution in [-0.2, 0) is 4.79 Å². The Bertz CT molecular complexity index is 886. The molecule has 1 aliphatic heterocycles. The Labute approximate surface area is 149 Å². The number of primary amides is 1. The van der Waals surface area contributed by atoms with Crippen LogP contribution in [0.15, 0.2) is 60.2 Å².